The van der Waals surface area contributed by atoms with Crippen molar-refractivity contribution < 1.29 is 9.59 Å². The monoisotopic (exact) mass is 258 g/mol. The highest BCUT2D eigenvalue weighted by Crippen LogP contribution is 2.48. The predicted molar refractivity (Wildman–Crippen MR) is 78.8 cm³/mol. The van der Waals surface area contributed by atoms with Gasteiger partial charge in [0.2, 0.25) is 5.78 Å². The van der Waals surface area contributed by atoms with E-state index in [9.17, 15) is 9.59 Å². The number of aldehydes is 1. The minimum Gasteiger partial charge on any atom is -0.294 e. The summed E-state index contributed by atoms with van der Waals surface area (Å²) in [7, 11) is 0. The maximum atomic E-state index is 11.9. The Morgan fingerprint density at radius 3 is 2.20 bits per heavy atom. The Balaban J connectivity index is 2.19. The molecule has 0 bridgehead atoms. The van der Waals surface area contributed by atoms with Crippen LogP contribution in [0.15, 0.2) is 54.6 Å². The Morgan fingerprint density at radius 2 is 1.45 bits per heavy atom. The highest BCUT2D eigenvalue weighted by atomic mass is 16.2. The molecule has 0 unspecified atom stereocenters. The second-order valence-corrected chi connectivity index (χ2v) is 4.92. The van der Waals surface area contributed by atoms with Gasteiger partial charge in [-0.1, -0.05) is 54.6 Å². The van der Waals surface area contributed by atoms with Crippen LogP contribution in [0.25, 0.3) is 33.0 Å². The number of ketones is 1. The first-order valence-electron chi connectivity index (χ1n) is 6.46. The number of carbonyl (C=O) groups excluding carboxylic acids is 2. The van der Waals surface area contributed by atoms with Crippen molar-refractivity contribution in [2.24, 2.45) is 0 Å². The largest absolute Gasteiger partial charge is 0.294 e. The summed E-state index contributed by atoms with van der Waals surface area (Å²) in [5.41, 5.74) is 4.58. The molecule has 0 aromatic heterocycles. The van der Waals surface area contributed by atoms with Crippen LogP contribution in [0.3, 0.4) is 0 Å². The van der Waals surface area contributed by atoms with E-state index in [-0.39, 0.29) is 0 Å². The Bertz CT molecular complexity index is 886. The van der Waals surface area contributed by atoms with Crippen molar-refractivity contribution in [3.8, 4) is 22.3 Å². The second-order valence-electron chi connectivity index (χ2n) is 4.92. The van der Waals surface area contributed by atoms with Crippen LogP contribution in [0, 0.1) is 0 Å². The minimum absolute atomic E-state index is 0.388. The fourth-order valence-corrected chi connectivity index (χ4v) is 3.11. The smallest absolute Gasteiger partial charge is 0.226 e. The van der Waals surface area contributed by atoms with Crippen molar-refractivity contribution in [2.75, 3.05) is 0 Å². The Labute approximate surface area is 115 Å². The predicted octanol–water partition coefficient (Wildman–Crippen LogP) is 3.87. The van der Waals surface area contributed by atoms with Crippen LogP contribution < -0.4 is 0 Å². The van der Waals surface area contributed by atoms with Gasteiger partial charge < -0.3 is 0 Å². The minimum atomic E-state index is -0.466. The molecule has 0 N–H and O–H groups in total. The fraction of sp³-hybridized carbons (Fsp3) is 0. The lowest BCUT2D eigenvalue weighted by Gasteiger charge is -2.06. The van der Waals surface area contributed by atoms with Gasteiger partial charge in [0.25, 0.3) is 0 Å². The summed E-state index contributed by atoms with van der Waals surface area (Å²) in [5.74, 6) is -0.466. The number of hydrogen-bond acceptors (Lipinski definition) is 2. The van der Waals surface area contributed by atoms with E-state index in [0.29, 0.717) is 11.8 Å². The Morgan fingerprint density at radius 1 is 0.800 bits per heavy atom. The van der Waals surface area contributed by atoms with Crippen LogP contribution in [0.5, 0.6) is 0 Å². The van der Waals surface area contributed by atoms with Gasteiger partial charge in [0.05, 0.1) is 0 Å². The lowest BCUT2D eigenvalue weighted by atomic mass is 9.96. The first kappa shape index (κ1) is 11.1. The van der Waals surface area contributed by atoms with Crippen molar-refractivity contribution in [1.82, 2.24) is 0 Å². The van der Waals surface area contributed by atoms with E-state index < -0.39 is 5.78 Å². The van der Waals surface area contributed by atoms with Crippen LogP contribution in [-0.2, 0) is 4.79 Å². The molecule has 0 spiro atoms. The average Bonchev–Trinajstić information content (AvgIpc) is 2.84. The van der Waals surface area contributed by atoms with E-state index in [1.54, 1.807) is 6.07 Å². The molecule has 1 aliphatic carbocycles. The van der Waals surface area contributed by atoms with Gasteiger partial charge in [0, 0.05) is 11.1 Å². The van der Waals surface area contributed by atoms with Gasteiger partial charge in [-0.3, -0.25) is 9.59 Å². The van der Waals surface area contributed by atoms with Crippen LogP contribution in [0.4, 0.5) is 0 Å². The first-order valence-corrected chi connectivity index (χ1v) is 6.46. The van der Waals surface area contributed by atoms with Gasteiger partial charge in [-0.05, 0) is 27.5 Å². The van der Waals surface area contributed by atoms with E-state index in [2.05, 4.69) is 18.2 Å². The topological polar surface area (TPSA) is 34.1 Å². The van der Waals surface area contributed by atoms with Crippen molar-refractivity contribution in [3.63, 3.8) is 0 Å². The van der Waals surface area contributed by atoms with E-state index in [4.69, 9.17) is 0 Å². The molecule has 4 rings (SSSR count). The zero-order chi connectivity index (χ0) is 13.7. The lowest BCUT2D eigenvalue weighted by molar-refractivity contribution is -0.104. The van der Waals surface area contributed by atoms with Crippen LogP contribution in [0.2, 0.25) is 0 Å². The Kier molecular flexibility index (Phi) is 2.15. The summed E-state index contributed by atoms with van der Waals surface area (Å²) in [5, 5.41) is 2.32. The van der Waals surface area contributed by atoms with Crippen LogP contribution in [-0.4, -0.2) is 12.1 Å². The molecule has 0 atom stereocenters. The summed E-state index contributed by atoms with van der Waals surface area (Å²) in [6.07, 6.45) is 0.388. The van der Waals surface area contributed by atoms with Crippen molar-refractivity contribution in [1.29, 1.82) is 0 Å². The normalized spacial score (nSPS) is 11.4. The van der Waals surface area contributed by atoms with E-state index in [1.165, 1.54) is 0 Å². The van der Waals surface area contributed by atoms with Gasteiger partial charge in [-0.15, -0.1) is 0 Å². The van der Waals surface area contributed by atoms with E-state index in [0.717, 1.165) is 33.0 Å². The molecule has 2 nitrogen and oxygen atoms in total. The van der Waals surface area contributed by atoms with Crippen LogP contribution >= 0.6 is 0 Å². The molecule has 0 saturated heterocycles. The van der Waals surface area contributed by atoms with Gasteiger partial charge in [-0.25, -0.2) is 0 Å². The molecular weight excluding hydrogens is 248 g/mol. The summed E-state index contributed by atoms with van der Waals surface area (Å²) < 4.78 is 0. The molecule has 3 aromatic carbocycles. The molecule has 3 aromatic rings. The van der Waals surface area contributed by atoms with Crippen molar-refractivity contribution in [2.45, 2.75) is 0 Å². The molecule has 0 heterocycles. The quantitative estimate of drug-likeness (QED) is 0.311. The summed E-state index contributed by atoms with van der Waals surface area (Å²) in [6.45, 7) is 0. The van der Waals surface area contributed by atoms with E-state index >= 15 is 0 Å². The molecule has 0 radical (unpaired) electrons. The van der Waals surface area contributed by atoms with Crippen molar-refractivity contribution in [3.05, 3.63) is 60.2 Å². The zero-order valence-electron chi connectivity index (χ0n) is 10.6. The molecule has 1 aliphatic rings. The second kappa shape index (κ2) is 3.87. The molecule has 94 valence electrons. The highest BCUT2D eigenvalue weighted by Gasteiger charge is 2.25. The third-order valence-electron chi connectivity index (χ3n) is 3.90. The van der Waals surface area contributed by atoms with E-state index in [1.807, 2.05) is 30.3 Å². The number of carbonyl (C=O) groups is 2. The number of fused-ring (bicyclic) bond motifs is 3. The molecule has 0 aliphatic heterocycles. The summed E-state index contributed by atoms with van der Waals surface area (Å²) in [6, 6.07) is 17.8. The van der Waals surface area contributed by atoms with Crippen LogP contribution in [0.1, 0.15) is 10.4 Å². The average molecular weight is 258 g/mol. The molecule has 2 heteroatoms. The maximum absolute atomic E-state index is 11.9. The highest BCUT2D eigenvalue weighted by molar-refractivity contribution is 6.36. The summed E-state index contributed by atoms with van der Waals surface area (Å²) in [4.78, 5) is 22.7. The van der Waals surface area contributed by atoms with Gasteiger partial charge in [-0.2, -0.15) is 0 Å². The van der Waals surface area contributed by atoms with Crippen molar-refractivity contribution >= 4 is 22.8 Å². The molecule has 0 amide bonds. The SMILES string of the molecule is O=CC(=O)c1cccc2c1-c1cccc3cccc-2c13. The third kappa shape index (κ3) is 1.28. The van der Waals surface area contributed by atoms with Gasteiger partial charge >= 0.3 is 0 Å². The van der Waals surface area contributed by atoms with Gasteiger partial charge in [0.15, 0.2) is 6.29 Å². The first-order chi connectivity index (χ1) is 9.81. The fourth-order valence-electron chi connectivity index (χ4n) is 3.11. The lowest BCUT2D eigenvalue weighted by Crippen LogP contribution is -2.02. The maximum Gasteiger partial charge on any atom is 0.226 e. The number of benzene rings is 3. The molecule has 0 fully saturated rings. The number of rotatable bonds is 2. The number of Topliss-reactive ketones (excluding diaryl/α,β-unsaturated/α-hetero) is 1. The molecular formula is C18H10O2. The third-order valence-corrected chi connectivity index (χ3v) is 3.90. The zero-order valence-corrected chi connectivity index (χ0v) is 10.6. The standard InChI is InChI=1S/C18H10O2/c19-10-16(20)14-8-3-7-13-12-6-1-4-11-5-2-9-15(17(11)12)18(13)14/h1-10H. The summed E-state index contributed by atoms with van der Waals surface area (Å²) >= 11 is 0. The van der Waals surface area contributed by atoms with Gasteiger partial charge in [0.1, 0.15) is 0 Å². The number of hydrogen-bond donors (Lipinski definition) is 0. The molecule has 0 saturated carbocycles. The molecule has 20 heavy (non-hydrogen) atoms. The Hall–Kier alpha value is -2.74.